The van der Waals surface area contributed by atoms with E-state index in [1.54, 1.807) is 24.0 Å². The minimum atomic E-state index is -0.628. The van der Waals surface area contributed by atoms with Gasteiger partial charge < -0.3 is 10.2 Å². The Morgan fingerprint density at radius 1 is 1.03 bits per heavy atom. The van der Waals surface area contributed by atoms with Crippen molar-refractivity contribution in [2.24, 2.45) is 5.92 Å². The maximum atomic E-state index is 13.3. The van der Waals surface area contributed by atoms with Crippen molar-refractivity contribution in [2.75, 3.05) is 6.54 Å². The molecule has 156 valence electrons. The Morgan fingerprint density at radius 3 is 2.31 bits per heavy atom. The van der Waals surface area contributed by atoms with Crippen molar-refractivity contribution in [3.8, 4) is 0 Å². The molecule has 0 aliphatic carbocycles. The minimum absolute atomic E-state index is 0.129. The van der Waals surface area contributed by atoms with Crippen LogP contribution in [0.25, 0.3) is 0 Å². The van der Waals surface area contributed by atoms with Crippen LogP contribution < -0.4 is 5.32 Å². The number of halogens is 1. The van der Waals surface area contributed by atoms with Gasteiger partial charge in [-0.3, -0.25) is 9.59 Å². The molecular weight excluding hydrogens is 367 g/mol. The van der Waals surface area contributed by atoms with Gasteiger partial charge >= 0.3 is 0 Å². The molecule has 0 fully saturated rings. The van der Waals surface area contributed by atoms with Gasteiger partial charge in [-0.1, -0.05) is 49.7 Å². The van der Waals surface area contributed by atoms with Crippen LogP contribution in [-0.4, -0.2) is 29.3 Å². The highest BCUT2D eigenvalue weighted by molar-refractivity contribution is 5.88. The molecule has 0 spiro atoms. The molecule has 2 aromatic carbocycles. The fourth-order valence-electron chi connectivity index (χ4n) is 3.08. The van der Waals surface area contributed by atoms with E-state index in [0.29, 0.717) is 12.5 Å². The van der Waals surface area contributed by atoms with E-state index >= 15 is 0 Å². The van der Waals surface area contributed by atoms with Crippen molar-refractivity contribution < 1.29 is 14.0 Å². The van der Waals surface area contributed by atoms with E-state index in [0.717, 1.165) is 22.3 Å². The fraction of sp³-hybridized carbons (Fsp3) is 0.417. The average molecular weight is 399 g/mol. The molecule has 0 aromatic heterocycles. The maximum absolute atomic E-state index is 13.3. The largest absolute Gasteiger partial charge is 0.354 e. The Hall–Kier alpha value is -2.69. The van der Waals surface area contributed by atoms with Gasteiger partial charge in [0, 0.05) is 13.1 Å². The summed E-state index contributed by atoms with van der Waals surface area (Å²) < 4.78 is 13.3. The molecule has 2 amide bonds. The third-order valence-corrected chi connectivity index (χ3v) is 4.96. The molecule has 4 nitrogen and oxygen atoms in total. The van der Waals surface area contributed by atoms with Crippen LogP contribution in [0.5, 0.6) is 0 Å². The molecule has 2 rings (SSSR count). The van der Waals surface area contributed by atoms with Crippen molar-refractivity contribution in [3.63, 3.8) is 0 Å². The van der Waals surface area contributed by atoms with E-state index in [9.17, 15) is 14.0 Å². The molecule has 0 saturated heterocycles. The number of rotatable bonds is 8. The predicted octanol–water partition coefficient (Wildman–Crippen LogP) is 4.17. The second kappa shape index (κ2) is 10.2. The molecule has 0 saturated carbocycles. The Balaban J connectivity index is 2.24. The van der Waals surface area contributed by atoms with Gasteiger partial charge in [0.25, 0.3) is 0 Å². The number of carbonyl (C=O) groups is 2. The topological polar surface area (TPSA) is 49.4 Å². The van der Waals surface area contributed by atoms with Gasteiger partial charge in [0.15, 0.2) is 0 Å². The number of carbonyl (C=O) groups excluding carboxylic acids is 2. The van der Waals surface area contributed by atoms with Crippen molar-refractivity contribution >= 4 is 11.8 Å². The SMILES string of the molecule is Cc1ccc(C)c(CC(=O)N(Cc2ccc(F)cc2)[C@@H](C)C(=O)NCC(C)C)c1. The zero-order valence-electron chi connectivity index (χ0n) is 18.0. The van der Waals surface area contributed by atoms with E-state index < -0.39 is 6.04 Å². The molecule has 29 heavy (non-hydrogen) atoms. The molecule has 0 heterocycles. The molecule has 0 radical (unpaired) electrons. The lowest BCUT2D eigenvalue weighted by atomic mass is 10.0. The van der Waals surface area contributed by atoms with Gasteiger partial charge in [-0.2, -0.15) is 0 Å². The first-order valence-electron chi connectivity index (χ1n) is 10.0. The van der Waals surface area contributed by atoms with E-state index in [-0.39, 0.29) is 30.6 Å². The zero-order chi connectivity index (χ0) is 21.6. The summed E-state index contributed by atoms with van der Waals surface area (Å²) >= 11 is 0. The first-order chi connectivity index (χ1) is 13.7. The molecule has 0 unspecified atom stereocenters. The lowest BCUT2D eigenvalue weighted by Gasteiger charge is -2.29. The summed E-state index contributed by atoms with van der Waals surface area (Å²) in [5.41, 5.74) is 3.87. The lowest BCUT2D eigenvalue weighted by molar-refractivity contribution is -0.140. The standard InChI is InChI=1S/C24H31FN2O2/c1-16(2)14-26-24(29)19(5)27(15-20-8-10-22(25)11-9-20)23(28)13-21-12-17(3)6-7-18(21)4/h6-12,16,19H,13-15H2,1-5H3,(H,26,29)/t19-/m0/s1. The van der Waals surface area contributed by atoms with Crippen LogP contribution in [0.2, 0.25) is 0 Å². The van der Waals surface area contributed by atoms with Gasteiger partial charge in [0.1, 0.15) is 11.9 Å². The van der Waals surface area contributed by atoms with E-state index in [4.69, 9.17) is 0 Å². The van der Waals surface area contributed by atoms with Crippen LogP contribution in [0.3, 0.4) is 0 Å². The Morgan fingerprint density at radius 2 is 1.69 bits per heavy atom. The highest BCUT2D eigenvalue weighted by Gasteiger charge is 2.26. The van der Waals surface area contributed by atoms with Crippen LogP contribution in [0.15, 0.2) is 42.5 Å². The zero-order valence-corrected chi connectivity index (χ0v) is 18.0. The number of hydrogen-bond acceptors (Lipinski definition) is 2. The van der Waals surface area contributed by atoms with Gasteiger partial charge in [0.05, 0.1) is 6.42 Å². The van der Waals surface area contributed by atoms with Crippen molar-refractivity contribution in [1.29, 1.82) is 0 Å². The number of benzene rings is 2. The molecule has 0 aliphatic rings. The van der Waals surface area contributed by atoms with Crippen LogP contribution >= 0.6 is 0 Å². The number of nitrogens with one attached hydrogen (secondary N) is 1. The highest BCUT2D eigenvalue weighted by atomic mass is 19.1. The quantitative estimate of drug-likeness (QED) is 0.725. The van der Waals surface area contributed by atoms with Gasteiger partial charge in [0.2, 0.25) is 11.8 Å². The summed E-state index contributed by atoms with van der Waals surface area (Å²) in [5.74, 6) is -0.322. The molecule has 1 atom stereocenters. The first kappa shape index (κ1) is 22.6. The summed E-state index contributed by atoms with van der Waals surface area (Å²) in [6.07, 6.45) is 0.219. The second-order valence-electron chi connectivity index (χ2n) is 8.07. The van der Waals surface area contributed by atoms with Crippen LogP contribution in [0, 0.1) is 25.6 Å². The molecular formula is C24H31FN2O2. The van der Waals surface area contributed by atoms with Crippen molar-refractivity contribution in [1.82, 2.24) is 10.2 Å². The van der Waals surface area contributed by atoms with Crippen LogP contribution in [0.1, 0.15) is 43.0 Å². The predicted molar refractivity (Wildman–Crippen MR) is 114 cm³/mol. The summed E-state index contributed by atoms with van der Waals surface area (Å²) in [4.78, 5) is 27.4. The summed E-state index contributed by atoms with van der Waals surface area (Å²) in [6.45, 7) is 10.6. The maximum Gasteiger partial charge on any atom is 0.242 e. The number of aryl methyl sites for hydroxylation is 2. The Kier molecular flexibility index (Phi) is 7.94. The fourth-order valence-corrected chi connectivity index (χ4v) is 3.08. The molecule has 2 aromatic rings. The van der Waals surface area contributed by atoms with Crippen molar-refractivity contribution in [2.45, 2.75) is 53.6 Å². The number of amides is 2. The second-order valence-corrected chi connectivity index (χ2v) is 8.07. The normalized spacial score (nSPS) is 12.0. The lowest BCUT2D eigenvalue weighted by Crippen LogP contribution is -2.48. The van der Waals surface area contributed by atoms with Crippen molar-refractivity contribution in [3.05, 3.63) is 70.5 Å². The monoisotopic (exact) mass is 398 g/mol. The van der Waals surface area contributed by atoms with Gasteiger partial charge in [-0.15, -0.1) is 0 Å². The molecule has 5 heteroatoms. The Labute approximate surface area is 173 Å². The summed E-state index contributed by atoms with van der Waals surface area (Å²) in [6, 6.07) is 11.4. The smallest absolute Gasteiger partial charge is 0.242 e. The molecule has 0 bridgehead atoms. The third-order valence-electron chi connectivity index (χ3n) is 4.96. The molecule has 1 N–H and O–H groups in total. The van der Waals surface area contributed by atoms with Crippen LogP contribution in [-0.2, 0) is 22.6 Å². The van der Waals surface area contributed by atoms with Gasteiger partial charge in [-0.25, -0.2) is 4.39 Å². The average Bonchev–Trinajstić information content (AvgIpc) is 2.67. The summed E-state index contributed by atoms with van der Waals surface area (Å²) in [5, 5.41) is 2.90. The minimum Gasteiger partial charge on any atom is -0.354 e. The number of nitrogens with zero attached hydrogens (tertiary/aromatic N) is 1. The van der Waals surface area contributed by atoms with Gasteiger partial charge in [-0.05, 0) is 55.5 Å². The molecule has 0 aliphatic heterocycles. The van der Waals surface area contributed by atoms with E-state index in [1.807, 2.05) is 45.9 Å². The first-order valence-corrected chi connectivity index (χ1v) is 10.0. The number of hydrogen-bond donors (Lipinski definition) is 1. The van der Waals surface area contributed by atoms with Crippen LogP contribution in [0.4, 0.5) is 4.39 Å². The Bertz CT molecular complexity index is 846. The third kappa shape index (κ3) is 6.70. The van der Waals surface area contributed by atoms with E-state index in [1.165, 1.54) is 12.1 Å². The summed E-state index contributed by atoms with van der Waals surface area (Å²) in [7, 11) is 0. The van der Waals surface area contributed by atoms with E-state index in [2.05, 4.69) is 5.32 Å². The highest BCUT2D eigenvalue weighted by Crippen LogP contribution is 2.16.